The molecule has 0 amide bonds. The molecular formula is C15H22N2O. The third-order valence-electron chi connectivity index (χ3n) is 2.71. The Bertz CT molecular complexity index is 383. The Balaban J connectivity index is 2.85. The fourth-order valence-electron chi connectivity index (χ4n) is 1.84. The summed E-state index contributed by atoms with van der Waals surface area (Å²) in [6.07, 6.45) is 0. The van der Waals surface area contributed by atoms with Crippen molar-refractivity contribution in [1.82, 2.24) is 5.32 Å². The maximum atomic E-state index is 9.53. The Morgan fingerprint density at radius 1 is 1.33 bits per heavy atom. The SMILES string of the molecule is CCNC(C#N)(COCC(C)C)c1ccccc1. The van der Waals surface area contributed by atoms with E-state index < -0.39 is 5.54 Å². The van der Waals surface area contributed by atoms with Crippen molar-refractivity contribution < 1.29 is 4.74 Å². The molecule has 1 N–H and O–H groups in total. The molecular weight excluding hydrogens is 224 g/mol. The molecule has 0 radical (unpaired) electrons. The molecule has 0 saturated carbocycles. The molecule has 1 unspecified atom stereocenters. The zero-order valence-electron chi connectivity index (χ0n) is 11.4. The number of likely N-dealkylation sites (N-methyl/N-ethyl adjacent to an activating group) is 1. The number of nitriles is 1. The van der Waals surface area contributed by atoms with Gasteiger partial charge in [-0.3, -0.25) is 5.32 Å². The Labute approximate surface area is 110 Å². The first-order valence-electron chi connectivity index (χ1n) is 6.44. The molecule has 3 nitrogen and oxygen atoms in total. The van der Waals surface area contributed by atoms with Crippen LogP contribution in [0.1, 0.15) is 26.3 Å². The molecule has 0 aromatic heterocycles. The van der Waals surface area contributed by atoms with Crippen molar-refractivity contribution in [2.75, 3.05) is 19.8 Å². The van der Waals surface area contributed by atoms with Crippen LogP contribution in [0.15, 0.2) is 30.3 Å². The average Bonchev–Trinajstić information content (AvgIpc) is 2.38. The maximum absolute atomic E-state index is 9.53. The van der Waals surface area contributed by atoms with Gasteiger partial charge in [-0.25, -0.2) is 0 Å². The van der Waals surface area contributed by atoms with Gasteiger partial charge < -0.3 is 4.74 Å². The quantitative estimate of drug-likeness (QED) is 0.804. The van der Waals surface area contributed by atoms with Gasteiger partial charge in [-0.1, -0.05) is 51.1 Å². The van der Waals surface area contributed by atoms with Crippen LogP contribution in [-0.2, 0) is 10.3 Å². The third-order valence-corrected chi connectivity index (χ3v) is 2.71. The lowest BCUT2D eigenvalue weighted by Crippen LogP contribution is -2.45. The molecule has 0 fully saturated rings. The molecule has 0 heterocycles. The summed E-state index contributed by atoms with van der Waals surface area (Å²) in [5, 5.41) is 12.8. The molecule has 3 heteroatoms. The average molecular weight is 246 g/mol. The number of nitrogens with one attached hydrogen (secondary N) is 1. The zero-order chi connectivity index (χ0) is 13.4. The van der Waals surface area contributed by atoms with E-state index in [1.165, 1.54) is 0 Å². The van der Waals surface area contributed by atoms with Gasteiger partial charge in [0.15, 0.2) is 5.54 Å². The molecule has 0 aliphatic carbocycles. The summed E-state index contributed by atoms with van der Waals surface area (Å²) in [5.41, 5.74) is 0.211. The Morgan fingerprint density at radius 2 is 2.00 bits per heavy atom. The summed E-state index contributed by atoms with van der Waals surface area (Å²) in [6, 6.07) is 12.1. The molecule has 0 aliphatic rings. The topological polar surface area (TPSA) is 45.0 Å². The number of benzene rings is 1. The number of hydrogen-bond acceptors (Lipinski definition) is 3. The van der Waals surface area contributed by atoms with Gasteiger partial charge in [-0.15, -0.1) is 0 Å². The summed E-state index contributed by atoms with van der Waals surface area (Å²) in [4.78, 5) is 0. The van der Waals surface area contributed by atoms with E-state index in [1.54, 1.807) is 0 Å². The molecule has 18 heavy (non-hydrogen) atoms. The second kappa shape index (κ2) is 7.15. The molecule has 1 aromatic rings. The maximum Gasteiger partial charge on any atom is 0.155 e. The van der Waals surface area contributed by atoms with E-state index in [0.717, 1.165) is 12.1 Å². The van der Waals surface area contributed by atoms with Gasteiger partial charge >= 0.3 is 0 Å². The predicted octanol–water partition coefficient (Wildman–Crippen LogP) is 2.69. The molecule has 1 atom stereocenters. The van der Waals surface area contributed by atoms with E-state index in [4.69, 9.17) is 4.74 Å². The van der Waals surface area contributed by atoms with Crippen LogP contribution >= 0.6 is 0 Å². The van der Waals surface area contributed by atoms with Crippen LogP contribution in [0.3, 0.4) is 0 Å². The highest BCUT2D eigenvalue weighted by Gasteiger charge is 2.31. The van der Waals surface area contributed by atoms with Gasteiger partial charge in [0.25, 0.3) is 0 Å². The van der Waals surface area contributed by atoms with E-state index in [0.29, 0.717) is 19.1 Å². The van der Waals surface area contributed by atoms with Gasteiger partial charge in [0, 0.05) is 6.61 Å². The number of nitrogens with zero attached hydrogens (tertiary/aromatic N) is 1. The van der Waals surface area contributed by atoms with Crippen molar-refractivity contribution in [3.8, 4) is 6.07 Å². The summed E-state index contributed by atoms with van der Waals surface area (Å²) in [7, 11) is 0. The fraction of sp³-hybridized carbons (Fsp3) is 0.533. The highest BCUT2D eigenvalue weighted by atomic mass is 16.5. The summed E-state index contributed by atoms with van der Waals surface area (Å²) in [6.45, 7) is 7.97. The molecule has 1 rings (SSSR count). The van der Waals surface area contributed by atoms with Gasteiger partial charge in [-0.2, -0.15) is 5.26 Å². The normalized spacial score (nSPS) is 14.2. The lowest BCUT2D eigenvalue weighted by atomic mass is 9.92. The van der Waals surface area contributed by atoms with Crippen LogP contribution in [0.2, 0.25) is 0 Å². The Hall–Kier alpha value is -1.37. The number of ether oxygens (including phenoxy) is 1. The van der Waals surface area contributed by atoms with Crippen LogP contribution < -0.4 is 5.32 Å². The van der Waals surface area contributed by atoms with Crippen LogP contribution in [0.25, 0.3) is 0 Å². The standard InChI is InChI=1S/C15H22N2O/c1-4-17-15(11-16,12-18-10-13(2)3)14-8-6-5-7-9-14/h5-9,13,17H,4,10,12H2,1-3H3. The Kier molecular flexibility index (Phi) is 5.84. The van der Waals surface area contributed by atoms with Gasteiger partial charge in [0.05, 0.1) is 12.7 Å². The number of hydrogen-bond donors (Lipinski definition) is 1. The Morgan fingerprint density at radius 3 is 2.50 bits per heavy atom. The summed E-state index contributed by atoms with van der Waals surface area (Å²) in [5.74, 6) is 0.471. The molecule has 0 bridgehead atoms. The fourth-order valence-corrected chi connectivity index (χ4v) is 1.84. The van der Waals surface area contributed by atoms with E-state index in [2.05, 4.69) is 25.2 Å². The minimum Gasteiger partial charge on any atom is -0.378 e. The molecule has 0 aliphatic heterocycles. The van der Waals surface area contributed by atoms with Crippen molar-refractivity contribution >= 4 is 0 Å². The third kappa shape index (κ3) is 3.83. The van der Waals surface area contributed by atoms with E-state index in [-0.39, 0.29) is 0 Å². The van der Waals surface area contributed by atoms with Crippen LogP contribution in [0.4, 0.5) is 0 Å². The van der Waals surface area contributed by atoms with Crippen LogP contribution in [-0.4, -0.2) is 19.8 Å². The lowest BCUT2D eigenvalue weighted by Gasteiger charge is -2.28. The molecule has 0 spiro atoms. The monoisotopic (exact) mass is 246 g/mol. The molecule has 98 valence electrons. The van der Waals surface area contributed by atoms with Crippen LogP contribution in [0, 0.1) is 17.2 Å². The van der Waals surface area contributed by atoms with Crippen molar-refractivity contribution in [3.63, 3.8) is 0 Å². The number of rotatable bonds is 7. The first-order valence-corrected chi connectivity index (χ1v) is 6.44. The molecule has 1 aromatic carbocycles. The summed E-state index contributed by atoms with van der Waals surface area (Å²) >= 11 is 0. The van der Waals surface area contributed by atoms with Gasteiger partial charge in [0.2, 0.25) is 0 Å². The first-order chi connectivity index (χ1) is 8.64. The van der Waals surface area contributed by atoms with E-state index in [1.807, 2.05) is 37.3 Å². The van der Waals surface area contributed by atoms with Crippen LogP contribution in [0.5, 0.6) is 0 Å². The highest BCUT2D eigenvalue weighted by molar-refractivity contribution is 5.31. The van der Waals surface area contributed by atoms with Crippen molar-refractivity contribution in [2.45, 2.75) is 26.3 Å². The molecule has 0 saturated heterocycles. The van der Waals surface area contributed by atoms with Gasteiger partial charge in [0.1, 0.15) is 0 Å². The van der Waals surface area contributed by atoms with Crippen molar-refractivity contribution in [2.24, 2.45) is 5.92 Å². The van der Waals surface area contributed by atoms with Gasteiger partial charge in [-0.05, 0) is 18.0 Å². The van der Waals surface area contributed by atoms with E-state index >= 15 is 0 Å². The second-order valence-electron chi connectivity index (χ2n) is 4.82. The predicted molar refractivity (Wildman–Crippen MR) is 73.1 cm³/mol. The summed E-state index contributed by atoms with van der Waals surface area (Å²) < 4.78 is 5.67. The van der Waals surface area contributed by atoms with E-state index in [9.17, 15) is 5.26 Å². The highest BCUT2D eigenvalue weighted by Crippen LogP contribution is 2.21. The van der Waals surface area contributed by atoms with Crippen molar-refractivity contribution in [3.05, 3.63) is 35.9 Å². The zero-order valence-corrected chi connectivity index (χ0v) is 11.4. The largest absolute Gasteiger partial charge is 0.378 e. The minimum absolute atomic E-state index is 0.375. The second-order valence-corrected chi connectivity index (χ2v) is 4.82. The first kappa shape index (κ1) is 14.7. The minimum atomic E-state index is -0.745. The lowest BCUT2D eigenvalue weighted by molar-refractivity contribution is 0.0708. The van der Waals surface area contributed by atoms with Crippen molar-refractivity contribution in [1.29, 1.82) is 5.26 Å². The smallest absolute Gasteiger partial charge is 0.155 e.